The standard InChI is InChI=1S/C14H25N3OS/c1-3-12-11-19-14(16-13(12)4-1)15-5-2-6-17-7-9-18-10-8-17/h12-13H,1-11H2,(H,15,16). The van der Waals surface area contributed by atoms with Gasteiger partial charge in [0.1, 0.15) is 0 Å². The predicted octanol–water partition coefficient (Wildman–Crippen LogP) is 1.57. The highest BCUT2D eigenvalue weighted by Crippen LogP contribution is 2.32. The molecule has 0 radical (unpaired) electrons. The molecule has 108 valence electrons. The van der Waals surface area contributed by atoms with Gasteiger partial charge in [-0.15, -0.1) is 0 Å². The van der Waals surface area contributed by atoms with Gasteiger partial charge in [0.15, 0.2) is 5.17 Å². The van der Waals surface area contributed by atoms with Crippen molar-refractivity contribution >= 4 is 16.9 Å². The van der Waals surface area contributed by atoms with Crippen LogP contribution in [0.5, 0.6) is 0 Å². The van der Waals surface area contributed by atoms with Crippen molar-refractivity contribution in [3.05, 3.63) is 0 Å². The number of fused-ring (bicyclic) bond motifs is 1. The van der Waals surface area contributed by atoms with Crippen LogP contribution in [0.1, 0.15) is 25.7 Å². The fourth-order valence-corrected chi connectivity index (χ4v) is 4.39. The summed E-state index contributed by atoms with van der Waals surface area (Å²) in [5, 5.41) is 4.83. The highest BCUT2D eigenvalue weighted by atomic mass is 32.2. The molecule has 5 heteroatoms. The maximum absolute atomic E-state index is 5.36. The van der Waals surface area contributed by atoms with Gasteiger partial charge in [-0.3, -0.25) is 9.89 Å². The highest BCUT2D eigenvalue weighted by Gasteiger charge is 2.31. The summed E-state index contributed by atoms with van der Waals surface area (Å²) in [6.45, 7) is 6.10. The lowest BCUT2D eigenvalue weighted by atomic mass is 10.1. The zero-order valence-corrected chi connectivity index (χ0v) is 12.5. The van der Waals surface area contributed by atoms with Crippen LogP contribution < -0.4 is 5.32 Å². The molecule has 19 heavy (non-hydrogen) atoms. The molecule has 3 fully saturated rings. The third kappa shape index (κ3) is 3.86. The predicted molar refractivity (Wildman–Crippen MR) is 80.9 cm³/mol. The van der Waals surface area contributed by atoms with Crippen molar-refractivity contribution in [2.24, 2.45) is 10.9 Å². The van der Waals surface area contributed by atoms with E-state index in [2.05, 4.69) is 10.2 Å². The summed E-state index contributed by atoms with van der Waals surface area (Å²) >= 11 is 1.93. The van der Waals surface area contributed by atoms with E-state index in [1.165, 1.54) is 36.6 Å². The Morgan fingerprint density at radius 3 is 3.11 bits per heavy atom. The second-order valence-corrected chi connectivity index (χ2v) is 6.76. The number of nitrogens with zero attached hydrogens (tertiary/aromatic N) is 2. The SMILES string of the molecule is C1CC2CSC(=NCCCN3CCOCC3)NC2C1. The van der Waals surface area contributed by atoms with Crippen LogP contribution in [0.3, 0.4) is 0 Å². The molecule has 2 unspecified atom stereocenters. The van der Waals surface area contributed by atoms with E-state index in [1.807, 2.05) is 11.8 Å². The van der Waals surface area contributed by atoms with Gasteiger partial charge in [-0.25, -0.2) is 0 Å². The van der Waals surface area contributed by atoms with Crippen LogP contribution in [0.2, 0.25) is 0 Å². The van der Waals surface area contributed by atoms with Gasteiger partial charge >= 0.3 is 0 Å². The minimum absolute atomic E-state index is 0.722. The first-order valence-corrected chi connectivity index (χ1v) is 8.64. The van der Waals surface area contributed by atoms with Crippen molar-refractivity contribution in [2.45, 2.75) is 31.7 Å². The molecule has 0 amide bonds. The summed E-state index contributed by atoms with van der Waals surface area (Å²) in [4.78, 5) is 7.22. The molecule has 1 saturated carbocycles. The molecule has 0 spiro atoms. The average Bonchev–Trinajstić information content (AvgIpc) is 2.92. The molecule has 0 bridgehead atoms. The van der Waals surface area contributed by atoms with E-state index in [9.17, 15) is 0 Å². The third-order valence-electron chi connectivity index (χ3n) is 4.39. The van der Waals surface area contributed by atoms with Gasteiger partial charge in [0.25, 0.3) is 0 Å². The Labute approximate surface area is 120 Å². The van der Waals surface area contributed by atoms with Crippen molar-refractivity contribution in [3.8, 4) is 0 Å². The summed E-state index contributed by atoms with van der Waals surface area (Å²) < 4.78 is 5.36. The fourth-order valence-electron chi connectivity index (χ4n) is 3.20. The number of ether oxygens (including phenoxy) is 1. The summed E-state index contributed by atoms with van der Waals surface area (Å²) in [5.41, 5.74) is 0. The Kier molecular flexibility index (Phi) is 5.02. The van der Waals surface area contributed by atoms with Crippen LogP contribution in [-0.2, 0) is 4.74 Å². The number of thioether (sulfide) groups is 1. The number of amidine groups is 1. The molecule has 4 nitrogen and oxygen atoms in total. The summed E-state index contributed by atoms with van der Waals surface area (Å²) in [6, 6.07) is 0.722. The largest absolute Gasteiger partial charge is 0.379 e. The molecule has 0 aromatic carbocycles. The first-order chi connectivity index (χ1) is 9.42. The van der Waals surface area contributed by atoms with Crippen LogP contribution in [-0.4, -0.2) is 61.3 Å². The first kappa shape index (κ1) is 13.7. The van der Waals surface area contributed by atoms with Gasteiger partial charge in [-0.2, -0.15) is 0 Å². The van der Waals surface area contributed by atoms with Gasteiger partial charge < -0.3 is 10.1 Å². The minimum Gasteiger partial charge on any atom is -0.379 e. The maximum Gasteiger partial charge on any atom is 0.156 e. The molecular weight excluding hydrogens is 258 g/mol. The number of hydrogen-bond acceptors (Lipinski definition) is 4. The highest BCUT2D eigenvalue weighted by molar-refractivity contribution is 8.13. The molecule has 2 aliphatic heterocycles. The van der Waals surface area contributed by atoms with Gasteiger partial charge in [0.05, 0.1) is 13.2 Å². The molecule has 1 aliphatic carbocycles. The minimum atomic E-state index is 0.722. The van der Waals surface area contributed by atoms with E-state index in [0.717, 1.165) is 51.4 Å². The third-order valence-corrected chi connectivity index (χ3v) is 5.51. The molecule has 3 aliphatic rings. The van der Waals surface area contributed by atoms with Crippen LogP contribution in [0.25, 0.3) is 0 Å². The van der Waals surface area contributed by atoms with Crippen LogP contribution in [0.15, 0.2) is 4.99 Å². The first-order valence-electron chi connectivity index (χ1n) is 7.66. The summed E-state index contributed by atoms with van der Waals surface area (Å²) in [7, 11) is 0. The molecule has 3 rings (SSSR count). The fraction of sp³-hybridized carbons (Fsp3) is 0.929. The second-order valence-electron chi connectivity index (χ2n) is 5.75. The van der Waals surface area contributed by atoms with E-state index in [4.69, 9.17) is 9.73 Å². The van der Waals surface area contributed by atoms with Crippen LogP contribution in [0, 0.1) is 5.92 Å². The molecule has 0 aromatic rings. The molecule has 0 aromatic heterocycles. The lowest BCUT2D eigenvalue weighted by Gasteiger charge is -2.28. The number of nitrogens with one attached hydrogen (secondary N) is 1. The molecule has 2 heterocycles. The van der Waals surface area contributed by atoms with Crippen LogP contribution in [0.4, 0.5) is 0 Å². The van der Waals surface area contributed by atoms with Crippen molar-refractivity contribution in [2.75, 3.05) is 45.1 Å². The van der Waals surface area contributed by atoms with Gasteiger partial charge in [0.2, 0.25) is 0 Å². The monoisotopic (exact) mass is 283 g/mol. The average molecular weight is 283 g/mol. The Hall–Kier alpha value is -0.260. The van der Waals surface area contributed by atoms with Crippen molar-refractivity contribution in [1.82, 2.24) is 10.2 Å². The van der Waals surface area contributed by atoms with Crippen molar-refractivity contribution < 1.29 is 4.74 Å². The van der Waals surface area contributed by atoms with Crippen molar-refractivity contribution in [3.63, 3.8) is 0 Å². The topological polar surface area (TPSA) is 36.9 Å². The second kappa shape index (κ2) is 6.95. The van der Waals surface area contributed by atoms with Gasteiger partial charge in [-0.05, 0) is 25.2 Å². The Balaban J connectivity index is 1.35. The quantitative estimate of drug-likeness (QED) is 0.795. The zero-order chi connectivity index (χ0) is 12.9. The molecule has 2 saturated heterocycles. The smallest absolute Gasteiger partial charge is 0.156 e. The zero-order valence-electron chi connectivity index (χ0n) is 11.6. The Morgan fingerprint density at radius 1 is 1.32 bits per heavy atom. The number of morpholine rings is 1. The molecular formula is C14H25N3OS. The van der Waals surface area contributed by atoms with Crippen LogP contribution >= 0.6 is 11.8 Å². The van der Waals surface area contributed by atoms with E-state index >= 15 is 0 Å². The number of rotatable bonds is 4. The maximum atomic E-state index is 5.36. The van der Waals surface area contributed by atoms with Gasteiger partial charge in [-0.1, -0.05) is 18.2 Å². The Bertz CT molecular complexity index is 318. The molecule has 1 N–H and O–H groups in total. The van der Waals surface area contributed by atoms with E-state index in [-0.39, 0.29) is 0 Å². The molecule has 2 atom stereocenters. The van der Waals surface area contributed by atoms with Gasteiger partial charge in [0, 0.05) is 38.0 Å². The summed E-state index contributed by atoms with van der Waals surface area (Å²) in [6.07, 6.45) is 5.32. The van der Waals surface area contributed by atoms with E-state index < -0.39 is 0 Å². The summed E-state index contributed by atoms with van der Waals surface area (Å²) in [5.74, 6) is 2.18. The van der Waals surface area contributed by atoms with E-state index in [0.29, 0.717) is 0 Å². The van der Waals surface area contributed by atoms with Crippen molar-refractivity contribution in [1.29, 1.82) is 0 Å². The normalized spacial score (nSPS) is 34.2. The lowest BCUT2D eigenvalue weighted by Crippen LogP contribution is -2.41. The number of hydrogen-bond donors (Lipinski definition) is 1. The number of aliphatic imine (C=N–C) groups is 1. The van der Waals surface area contributed by atoms with E-state index in [1.54, 1.807) is 0 Å². The Morgan fingerprint density at radius 2 is 2.21 bits per heavy atom. The lowest BCUT2D eigenvalue weighted by molar-refractivity contribution is 0.0377.